The molecule has 1 nitrogen and oxygen atoms in total. The van der Waals surface area contributed by atoms with Gasteiger partial charge in [-0.05, 0) is 24.3 Å². The summed E-state index contributed by atoms with van der Waals surface area (Å²) in [4.78, 5) is 3.32. The van der Waals surface area contributed by atoms with Gasteiger partial charge in [0.05, 0.1) is 10.0 Å². The van der Waals surface area contributed by atoms with Crippen molar-refractivity contribution in [1.29, 1.82) is 0 Å². The van der Waals surface area contributed by atoms with Crippen LogP contribution in [0.25, 0.3) is 22.2 Å². The molecule has 0 fully saturated rings. The van der Waals surface area contributed by atoms with Crippen LogP contribution in [0.4, 0.5) is 0 Å². The van der Waals surface area contributed by atoms with E-state index >= 15 is 0 Å². The molecule has 0 saturated carbocycles. The summed E-state index contributed by atoms with van der Waals surface area (Å²) in [5, 5.41) is 2.46. The van der Waals surface area contributed by atoms with Crippen molar-refractivity contribution in [3.05, 3.63) is 58.6 Å². The third-order valence-corrected chi connectivity index (χ3v) is 3.39. The molecule has 0 saturated heterocycles. The summed E-state index contributed by atoms with van der Waals surface area (Å²) in [7, 11) is 0. The van der Waals surface area contributed by atoms with Crippen LogP contribution in [-0.2, 0) is 0 Å². The molecular weight excluding hydrogens is 253 g/mol. The molecule has 2 aromatic carbocycles. The summed E-state index contributed by atoms with van der Waals surface area (Å²) >= 11 is 12.4. The molecule has 0 bridgehead atoms. The molecule has 84 valence electrons. The molecule has 1 aromatic heterocycles. The van der Waals surface area contributed by atoms with E-state index in [1.54, 1.807) is 0 Å². The van der Waals surface area contributed by atoms with E-state index in [9.17, 15) is 0 Å². The Bertz CT molecular complexity index is 632. The largest absolute Gasteiger partial charge is 0.354 e. The summed E-state index contributed by atoms with van der Waals surface area (Å²) in [5.74, 6) is 0. The van der Waals surface area contributed by atoms with Gasteiger partial charge in [0.15, 0.2) is 0 Å². The lowest BCUT2D eigenvalue weighted by Crippen LogP contribution is -1.80. The predicted octanol–water partition coefficient (Wildman–Crippen LogP) is 5.14. The number of aromatic nitrogens is 1. The average molecular weight is 262 g/mol. The molecule has 0 aliphatic heterocycles. The summed E-state index contributed by atoms with van der Waals surface area (Å²) in [6, 6.07) is 15.7. The molecule has 3 rings (SSSR count). The smallest absolute Gasteiger partial charge is 0.0514 e. The highest BCUT2D eigenvalue weighted by Crippen LogP contribution is 2.35. The fraction of sp³-hybridized carbons (Fsp3) is 0. The van der Waals surface area contributed by atoms with E-state index in [1.807, 2.05) is 36.4 Å². The second-order valence-electron chi connectivity index (χ2n) is 3.87. The molecule has 0 aliphatic rings. The Hall–Kier alpha value is -1.44. The fourth-order valence-corrected chi connectivity index (χ4v) is 2.56. The van der Waals surface area contributed by atoms with E-state index in [0.29, 0.717) is 10.0 Å². The molecule has 0 unspecified atom stereocenters. The van der Waals surface area contributed by atoms with Crippen molar-refractivity contribution in [2.24, 2.45) is 0 Å². The van der Waals surface area contributed by atoms with Crippen LogP contribution in [-0.4, -0.2) is 4.98 Å². The van der Waals surface area contributed by atoms with E-state index in [2.05, 4.69) is 17.1 Å². The zero-order chi connectivity index (χ0) is 11.8. The summed E-state index contributed by atoms with van der Waals surface area (Å²) in [5.41, 5.74) is 2.88. The van der Waals surface area contributed by atoms with Crippen LogP contribution in [0.2, 0.25) is 10.0 Å². The quantitative estimate of drug-likeness (QED) is 0.624. The van der Waals surface area contributed by atoms with Gasteiger partial charge >= 0.3 is 0 Å². The fourth-order valence-electron chi connectivity index (χ4n) is 1.96. The average Bonchev–Trinajstić information content (AvgIpc) is 2.71. The Morgan fingerprint density at radius 2 is 1.53 bits per heavy atom. The number of nitrogens with one attached hydrogen (secondary N) is 1. The van der Waals surface area contributed by atoms with Gasteiger partial charge in [-0.2, -0.15) is 0 Å². The number of benzene rings is 2. The van der Waals surface area contributed by atoms with Gasteiger partial charge in [-0.15, -0.1) is 0 Å². The lowest BCUT2D eigenvalue weighted by Gasteiger charge is -2.03. The maximum atomic E-state index is 6.19. The molecule has 0 spiro atoms. The Morgan fingerprint density at radius 1 is 0.824 bits per heavy atom. The van der Waals surface area contributed by atoms with Crippen molar-refractivity contribution in [2.75, 3.05) is 0 Å². The Balaban J connectivity index is 2.27. The molecule has 0 atom stereocenters. The first kappa shape index (κ1) is 10.7. The molecule has 3 heteroatoms. The molecule has 3 aromatic rings. The Kier molecular flexibility index (Phi) is 2.58. The zero-order valence-corrected chi connectivity index (χ0v) is 10.4. The highest BCUT2D eigenvalue weighted by atomic mass is 35.5. The van der Waals surface area contributed by atoms with Crippen LogP contribution in [0.15, 0.2) is 48.5 Å². The van der Waals surface area contributed by atoms with Crippen LogP contribution in [0.1, 0.15) is 0 Å². The SMILES string of the molecule is Clc1cccc(Cl)c1-c1cc2ccccc2[nH]1. The molecule has 1 heterocycles. The van der Waals surface area contributed by atoms with Crippen molar-refractivity contribution in [2.45, 2.75) is 0 Å². The van der Waals surface area contributed by atoms with E-state index in [1.165, 1.54) is 0 Å². The molecule has 17 heavy (non-hydrogen) atoms. The number of hydrogen-bond donors (Lipinski definition) is 1. The minimum Gasteiger partial charge on any atom is -0.354 e. The van der Waals surface area contributed by atoms with E-state index in [-0.39, 0.29) is 0 Å². The van der Waals surface area contributed by atoms with Gasteiger partial charge in [0.2, 0.25) is 0 Å². The lowest BCUT2D eigenvalue weighted by atomic mass is 10.1. The van der Waals surface area contributed by atoms with Crippen molar-refractivity contribution in [1.82, 2.24) is 4.98 Å². The van der Waals surface area contributed by atoms with Crippen molar-refractivity contribution in [3.63, 3.8) is 0 Å². The first-order valence-electron chi connectivity index (χ1n) is 5.28. The Morgan fingerprint density at radius 3 is 2.24 bits per heavy atom. The summed E-state index contributed by atoms with van der Waals surface area (Å²) < 4.78 is 0. The van der Waals surface area contributed by atoms with E-state index in [4.69, 9.17) is 23.2 Å². The standard InChI is InChI=1S/C14H9Cl2N/c15-10-5-3-6-11(16)14(10)13-8-9-4-1-2-7-12(9)17-13/h1-8,17H. The lowest BCUT2D eigenvalue weighted by molar-refractivity contribution is 1.45. The van der Waals surface area contributed by atoms with Crippen LogP contribution < -0.4 is 0 Å². The van der Waals surface area contributed by atoms with Crippen molar-refractivity contribution < 1.29 is 0 Å². The summed E-state index contributed by atoms with van der Waals surface area (Å²) in [6.07, 6.45) is 0. The number of rotatable bonds is 1. The van der Waals surface area contributed by atoms with Gasteiger partial charge in [0.25, 0.3) is 0 Å². The van der Waals surface area contributed by atoms with Gasteiger partial charge in [-0.25, -0.2) is 0 Å². The van der Waals surface area contributed by atoms with Crippen LogP contribution in [0.5, 0.6) is 0 Å². The predicted molar refractivity (Wildman–Crippen MR) is 73.8 cm³/mol. The van der Waals surface area contributed by atoms with Gasteiger partial charge in [0.1, 0.15) is 0 Å². The number of H-pyrrole nitrogens is 1. The summed E-state index contributed by atoms with van der Waals surface area (Å²) in [6.45, 7) is 0. The number of fused-ring (bicyclic) bond motifs is 1. The zero-order valence-electron chi connectivity index (χ0n) is 8.87. The Labute approximate surface area is 109 Å². The highest BCUT2D eigenvalue weighted by molar-refractivity contribution is 6.39. The normalized spacial score (nSPS) is 10.9. The van der Waals surface area contributed by atoms with E-state index < -0.39 is 0 Å². The minimum atomic E-state index is 0.657. The monoisotopic (exact) mass is 261 g/mol. The van der Waals surface area contributed by atoms with Gasteiger partial charge in [-0.1, -0.05) is 47.5 Å². The maximum Gasteiger partial charge on any atom is 0.0514 e. The number of hydrogen-bond acceptors (Lipinski definition) is 0. The van der Waals surface area contributed by atoms with E-state index in [0.717, 1.165) is 22.2 Å². The van der Waals surface area contributed by atoms with Crippen LogP contribution in [0, 0.1) is 0 Å². The van der Waals surface area contributed by atoms with Gasteiger partial charge in [-0.3, -0.25) is 0 Å². The molecule has 0 aliphatic carbocycles. The highest BCUT2D eigenvalue weighted by Gasteiger charge is 2.10. The number of halogens is 2. The number of para-hydroxylation sites is 1. The van der Waals surface area contributed by atoms with Crippen LogP contribution >= 0.6 is 23.2 Å². The topological polar surface area (TPSA) is 15.8 Å². The van der Waals surface area contributed by atoms with Crippen LogP contribution in [0.3, 0.4) is 0 Å². The number of aromatic amines is 1. The molecular formula is C14H9Cl2N. The van der Waals surface area contributed by atoms with Crippen molar-refractivity contribution >= 4 is 34.1 Å². The maximum absolute atomic E-state index is 6.19. The minimum absolute atomic E-state index is 0.657. The molecule has 0 radical (unpaired) electrons. The first-order chi connectivity index (χ1) is 8.25. The van der Waals surface area contributed by atoms with Crippen molar-refractivity contribution in [3.8, 4) is 11.3 Å². The van der Waals surface area contributed by atoms with Gasteiger partial charge in [0, 0.05) is 22.2 Å². The van der Waals surface area contributed by atoms with Gasteiger partial charge < -0.3 is 4.98 Å². The third kappa shape index (κ3) is 1.82. The molecule has 0 amide bonds. The first-order valence-corrected chi connectivity index (χ1v) is 6.03. The third-order valence-electron chi connectivity index (χ3n) is 2.76. The molecule has 1 N–H and O–H groups in total. The second kappa shape index (κ2) is 4.10. The second-order valence-corrected chi connectivity index (χ2v) is 4.68.